The summed E-state index contributed by atoms with van der Waals surface area (Å²) in [6.45, 7) is 2.12. The van der Waals surface area contributed by atoms with E-state index in [0.29, 0.717) is 19.3 Å². The fourth-order valence-corrected chi connectivity index (χ4v) is 2.43. The van der Waals surface area contributed by atoms with Crippen LogP contribution >= 0.6 is 0 Å². The normalized spacial score (nSPS) is 21.5. The zero-order valence-corrected chi connectivity index (χ0v) is 10.9. The third-order valence-corrected chi connectivity index (χ3v) is 3.50. The molecule has 0 radical (unpaired) electrons. The van der Waals surface area contributed by atoms with E-state index in [0.717, 1.165) is 25.7 Å². The molecule has 3 amide bonds. The molecule has 5 heteroatoms. The summed E-state index contributed by atoms with van der Waals surface area (Å²) in [5.74, 6) is -1.89. The first-order chi connectivity index (χ1) is 8.56. The van der Waals surface area contributed by atoms with Crippen LogP contribution in [0.4, 0.5) is 0 Å². The van der Waals surface area contributed by atoms with Crippen LogP contribution in [-0.4, -0.2) is 17.7 Å². The van der Waals surface area contributed by atoms with Crippen LogP contribution in [0.2, 0.25) is 0 Å². The Labute approximate surface area is 107 Å². The number of primary amides is 1. The molecule has 1 unspecified atom stereocenters. The second-order valence-electron chi connectivity index (χ2n) is 4.92. The Morgan fingerprint density at radius 3 is 2.67 bits per heavy atom. The van der Waals surface area contributed by atoms with Crippen molar-refractivity contribution in [2.24, 2.45) is 17.6 Å². The number of amides is 3. The molecular weight excluding hydrogens is 232 g/mol. The lowest BCUT2D eigenvalue weighted by atomic mass is 9.81. The van der Waals surface area contributed by atoms with Crippen LogP contribution in [0.25, 0.3) is 0 Å². The minimum Gasteiger partial charge on any atom is -0.369 e. The lowest BCUT2D eigenvalue weighted by Crippen LogP contribution is -2.46. The van der Waals surface area contributed by atoms with Gasteiger partial charge in [-0.3, -0.25) is 19.7 Å². The Balaban J connectivity index is 2.53. The average Bonchev–Trinajstić information content (AvgIpc) is 2.30. The largest absolute Gasteiger partial charge is 0.369 e. The van der Waals surface area contributed by atoms with Crippen molar-refractivity contribution in [1.82, 2.24) is 5.32 Å². The molecule has 0 aromatic rings. The molecule has 2 atom stereocenters. The van der Waals surface area contributed by atoms with Gasteiger partial charge in [-0.2, -0.15) is 0 Å². The van der Waals surface area contributed by atoms with Crippen molar-refractivity contribution >= 4 is 17.7 Å². The fraction of sp³-hybridized carbons (Fsp3) is 0.769. The molecule has 1 fully saturated rings. The number of nitrogens with one attached hydrogen (secondary N) is 1. The predicted octanol–water partition coefficient (Wildman–Crippen LogP) is 1.11. The van der Waals surface area contributed by atoms with Gasteiger partial charge in [-0.25, -0.2) is 0 Å². The molecule has 18 heavy (non-hydrogen) atoms. The number of unbranched alkanes of at least 4 members (excludes halogenated alkanes) is 3. The van der Waals surface area contributed by atoms with E-state index in [1.54, 1.807) is 0 Å². The van der Waals surface area contributed by atoms with E-state index in [2.05, 4.69) is 12.2 Å². The van der Waals surface area contributed by atoms with E-state index in [1.165, 1.54) is 0 Å². The predicted molar refractivity (Wildman–Crippen MR) is 67.3 cm³/mol. The van der Waals surface area contributed by atoms with Gasteiger partial charge in [0.25, 0.3) is 0 Å². The van der Waals surface area contributed by atoms with Crippen molar-refractivity contribution in [1.29, 1.82) is 0 Å². The van der Waals surface area contributed by atoms with Gasteiger partial charge in [-0.15, -0.1) is 0 Å². The number of imide groups is 1. The average molecular weight is 254 g/mol. The molecule has 0 aliphatic carbocycles. The van der Waals surface area contributed by atoms with E-state index in [9.17, 15) is 14.4 Å². The van der Waals surface area contributed by atoms with Crippen LogP contribution in [0.3, 0.4) is 0 Å². The fourth-order valence-electron chi connectivity index (χ4n) is 2.43. The van der Waals surface area contributed by atoms with Gasteiger partial charge >= 0.3 is 0 Å². The van der Waals surface area contributed by atoms with Gasteiger partial charge in [-0.05, 0) is 12.8 Å². The molecule has 0 bridgehead atoms. The Kier molecular flexibility index (Phi) is 5.82. The van der Waals surface area contributed by atoms with Gasteiger partial charge in [0.05, 0.1) is 5.92 Å². The van der Waals surface area contributed by atoms with Gasteiger partial charge in [0.2, 0.25) is 17.7 Å². The van der Waals surface area contributed by atoms with Gasteiger partial charge in [0, 0.05) is 12.3 Å². The van der Waals surface area contributed by atoms with Crippen molar-refractivity contribution in [3.05, 3.63) is 0 Å². The van der Waals surface area contributed by atoms with E-state index in [1.807, 2.05) is 0 Å². The molecule has 1 rings (SSSR count). The maximum atomic E-state index is 11.7. The SMILES string of the molecule is CCCCCCC(C(N)=O)[C@@H]1CCC(=O)NC1=O. The second-order valence-corrected chi connectivity index (χ2v) is 4.92. The van der Waals surface area contributed by atoms with Crippen LogP contribution < -0.4 is 11.1 Å². The lowest BCUT2D eigenvalue weighted by Gasteiger charge is -2.26. The first-order valence-corrected chi connectivity index (χ1v) is 6.69. The summed E-state index contributed by atoms with van der Waals surface area (Å²) in [5.41, 5.74) is 5.38. The van der Waals surface area contributed by atoms with Crippen LogP contribution in [0.5, 0.6) is 0 Å². The molecule has 102 valence electrons. The minimum atomic E-state index is -0.435. The number of hydrogen-bond donors (Lipinski definition) is 2. The molecule has 1 aliphatic rings. The third kappa shape index (κ3) is 4.13. The maximum absolute atomic E-state index is 11.7. The van der Waals surface area contributed by atoms with Crippen LogP contribution in [0.15, 0.2) is 0 Å². The Morgan fingerprint density at radius 1 is 1.39 bits per heavy atom. The zero-order chi connectivity index (χ0) is 13.5. The highest BCUT2D eigenvalue weighted by Crippen LogP contribution is 2.26. The number of nitrogens with two attached hydrogens (primary N) is 1. The summed E-state index contributed by atoms with van der Waals surface area (Å²) in [6.07, 6.45) is 5.58. The van der Waals surface area contributed by atoms with Crippen LogP contribution in [0, 0.1) is 11.8 Å². The minimum absolute atomic E-state index is 0.259. The molecule has 1 saturated heterocycles. The Hall–Kier alpha value is -1.39. The van der Waals surface area contributed by atoms with Gasteiger partial charge in [-0.1, -0.05) is 32.6 Å². The summed E-state index contributed by atoms with van der Waals surface area (Å²) in [4.78, 5) is 34.2. The quantitative estimate of drug-likeness (QED) is 0.527. The monoisotopic (exact) mass is 254 g/mol. The molecule has 0 spiro atoms. The molecule has 1 heterocycles. The standard InChI is InChI=1S/C13H22N2O3/c1-2-3-4-5-6-9(12(14)17)10-7-8-11(16)15-13(10)18/h9-10H,2-8H2,1H3,(H2,14,17)(H,15,16,18)/t9?,10-/m0/s1. The molecule has 5 nitrogen and oxygen atoms in total. The number of piperidine rings is 1. The zero-order valence-electron chi connectivity index (χ0n) is 10.9. The summed E-state index contributed by atoms with van der Waals surface area (Å²) in [6, 6.07) is 0. The molecule has 0 aromatic heterocycles. The summed E-state index contributed by atoms with van der Waals surface area (Å²) < 4.78 is 0. The van der Waals surface area contributed by atoms with Crippen molar-refractivity contribution in [3.63, 3.8) is 0 Å². The summed E-state index contributed by atoms with van der Waals surface area (Å²) >= 11 is 0. The number of hydrogen-bond acceptors (Lipinski definition) is 3. The van der Waals surface area contributed by atoms with E-state index >= 15 is 0 Å². The van der Waals surface area contributed by atoms with Crippen LogP contribution in [-0.2, 0) is 14.4 Å². The topological polar surface area (TPSA) is 89.3 Å². The molecule has 0 aromatic carbocycles. The molecular formula is C13H22N2O3. The van der Waals surface area contributed by atoms with E-state index in [4.69, 9.17) is 5.73 Å². The smallest absolute Gasteiger partial charge is 0.230 e. The first-order valence-electron chi connectivity index (χ1n) is 6.69. The summed E-state index contributed by atoms with van der Waals surface area (Å²) in [7, 11) is 0. The summed E-state index contributed by atoms with van der Waals surface area (Å²) in [5, 5.41) is 2.28. The lowest BCUT2D eigenvalue weighted by molar-refractivity contribution is -0.141. The van der Waals surface area contributed by atoms with E-state index < -0.39 is 17.7 Å². The van der Waals surface area contributed by atoms with Crippen LogP contribution in [0.1, 0.15) is 51.9 Å². The van der Waals surface area contributed by atoms with Crippen molar-refractivity contribution < 1.29 is 14.4 Å². The number of rotatable bonds is 7. The van der Waals surface area contributed by atoms with Gasteiger partial charge < -0.3 is 5.73 Å². The molecule has 1 aliphatic heterocycles. The van der Waals surface area contributed by atoms with Gasteiger partial charge in [0.1, 0.15) is 0 Å². The number of carbonyl (C=O) groups is 3. The first kappa shape index (κ1) is 14.7. The second kappa shape index (κ2) is 7.13. The van der Waals surface area contributed by atoms with Crippen molar-refractivity contribution in [2.75, 3.05) is 0 Å². The molecule has 3 N–H and O–H groups in total. The highest BCUT2D eigenvalue weighted by Gasteiger charge is 2.35. The Bertz CT molecular complexity index is 328. The Morgan fingerprint density at radius 2 is 2.11 bits per heavy atom. The van der Waals surface area contributed by atoms with Gasteiger partial charge in [0.15, 0.2) is 0 Å². The highest BCUT2D eigenvalue weighted by atomic mass is 16.2. The highest BCUT2D eigenvalue weighted by molar-refractivity contribution is 6.00. The van der Waals surface area contributed by atoms with E-state index in [-0.39, 0.29) is 11.8 Å². The van der Waals surface area contributed by atoms with Crippen molar-refractivity contribution in [3.8, 4) is 0 Å². The number of carbonyl (C=O) groups excluding carboxylic acids is 3. The molecule has 0 saturated carbocycles. The van der Waals surface area contributed by atoms with Crippen molar-refractivity contribution in [2.45, 2.75) is 51.9 Å². The maximum Gasteiger partial charge on any atom is 0.230 e. The third-order valence-electron chi connectivity index (χ3n) is 3.50.